The molecule has 1 aromatic rings. The molecule has 1 heterocycles. The molecular formula is C17H25N. The van der Waals surface area contributed by atoms with Crippen LogP contribution in [-0.4, -0.2) is 24.5 Å². The smallest absolute Gasteiger partial charge is 0.0169 e. The molecule has 1 fully saturated rings. The summed E-state index contributed by atoms with van der Waals surface area (Å²) in [4.78, 5) is 2.61. The molecule has 0 aromatic heterocycles. The molecule has 0 N–H and O–H groups in total. The highest BCUT2D eigenvalue weighted by molar-refractivity contribution is 5.40. The lowest BCUT2D eigenvalue weighted by Crippen LogP contribution is -2.58. The molecule has 0 spiro atoms. The summed E-state index contributed by atoms with van der Waals surface area (Å²) in [5.74, 6) is 0.844. The minimum atomic E-state index is 0.459. The van der Waals surface area contributed by atoms with Crippen LogP contribution < -0.4 is 0 Å². The standard InChI is InChI=1S/C17H25N/c1-4-14-16-12-13-8-6-7-9-15(13)17(14,5-2)10-11-18(16)3/h6-9,14,16H,4-5,10-12H2,1-3H3/t14-,16?,17+/m1/s1. The average molecular weight is 243 g/mol. The van der Waals surface area contributed by atoms with E-state index in [0.717, 1.165) is 12.0 Å². The van der Waals surface area contributed by atoms with Crippen LogP contribution in [0.4, 0.5) is 0 Å². The van der Waals surface area contributed by atoms with Crippen LogP contribution >= 0.6 is 0 Å². The van der Waals surface area contributed by atoms with Gasteiger partial charge in [-0.05, 0) is 49.9 Å². The molecule has 0 amide bonds. The number of hydrogen-bond acceptors (Lipinski definition) is 1. The van der Waals surface area contributed by atoms with Gasteiger partial charge in [-0.3, -0.25) is 0 Å². The Morgan fingerprint density at radius 3 is 2.78 bits per heavy atom. The van der Waals surface area contributed by atoms with E-state index >= 15 is 0 Å². The van der Waals surface area contributed by atoms with Crippen molar-refractivity contribution in [2.75, 3.05) is 13.6 Å². The van der Waals surface area contributed by atoms with E-state index in [0.29, 0.717) is 5.41 Å². The van der Waals surface area contributed by atoms with E-state index < -0.39 is 0 Å². The van der Waals surface area contributed by atoms with E-state index in [4.69, 9.17) is 0 Å². The zero-order valence-corrected chi connectivity index (χ0v) is 11.9. The van der Waals surface area contributed by atoms with Crippen LogP contribution in [0.2, 0.25) is 0 Å². The van der Waals surface area contributed by atoms with Gasteiger partial charge in [-0.2, -0.15) is 0 Å². The summed E-state index contributed by atoms with van der Waals surface area (Å²) in [5, 5.41) is 0. The number of piperidine rings is 1. The van der Waals surface area contributed by atoms with Gasteiger partial charge in [0, 0.05) is 11.5 Å². The van der Waals surface area contributed by atoms with Crippen molar-refractivity contribution >= 4 is 0 Å². The number of benzene rings is 1. The second-order valence-electron chi connectivity index (χ2n) is 6.18. The summed E-state index contributed by atoms with van der Waals surface area (Å²) in [7, 11) is 2.32. The van der Waals surface area contributed by atoms with Crippen LogP contribution in [0.25, 0.3) is 0 Å². The Bertz CT molecular complexity index is 439. The molecule has 2 bridgehead atoms. The van der Waals surface area contributed by atoms with Crippen molar-refractivity contribution in [1.29, 1.82) is 0 Å². The molecule has 1 aliphatic carbocycles. The maximum absolute atomic E-state index is 2.61. The topological polar surface area (TPSA) is 3.24 Å². The Hall–Kier alpha value is -0.820. The summed E-state index contributed by atoms with van der Waals surface area (Å²) in [6.45, 7) is 6.05. The van der Waals surface area contributed by atoms with Crippen LogP contribution in [-0.2, 0) is 11.8 Å². The lowest BCUT2D eigenvalue weighted by molar-refractivity contribution is 0.0259. The molecule has 3 rings (SSSR count). The summed E-state index contributed by atoms with van der Waals surface area (Å²) < 4.78 is 0. The van der Waals surface area contributed by atoms with Crippen LogP contribution in [0.15, 0.2) is 24.3 Å². The fraction of sp³-hybridized carbons (Fsp3) is 0.647. The van der Waals surface area contributed by atoms with Gasteiger partial charge in [0.2, 0.25) is 0 Å². The van der Waals surface area contributed by atoms with Crippen LogP contribution in [0.3, 0.4) is 0 Å². The highest BCUT2D eigenvalue weighted by atomic mass is 15.1. The van der Waals surface area contributed by atoms with Gasteiger partial charge < -0.3 is 4.90 Å². The zero-order chi connectivity index (χ0) is 12.8. The number of fused-ring (bicyclic) bond motifs is 4. The predicted molar refractivity (Wildman–Crippen MR) is 76.9 cm³/mol. The molecule has 1 aliphatic heterocycles. The number of hydrogen-bond donors (Lipinski definition) is 0. The van der Waals surface area contributed by atoms with Gasteiger partial charge in [-0.25, -0.2) is 0 Å². The first-order valence-corrected chi connectivity index (χ1v) is 7.51. The SMILES string of the molecule is CC[C@@H]1C2Cc3ccccc3[C@@]1(CC)CCN2C. The molecule has 2 aliphatic rings. The molecule has 0 radical (unpaired) electrons. The Morgan fingerprint density at radius 2 is 2.06 bits per heavy atom. The van der Waals surface area contributed by atoms with E-state index in [1.165, 1.54) is 32.2 Å². The predicted octanol–water partition coefficient (Wildman–Crippen LogP) is 3.62. The monoisotopic (exact) mass is 243 g/mol. The third-order valence-electron chi connectivity index (χ3n) is 5.70. The first-order valence-electron chi connectivity index (χ1n) is 7.51. The quantitative estimate of drug-likeness (QED) is 0.767. The van der Waals surface area contributed by atoms with Gasteiger partial charge in [0.05, 0.1) is 0 Å². The maximum atomic E-state index is 2.61. The highest BCUT2D eigenvalue weighted by Gasteiger charge is 2.50. The maximum Gasteiger partial charge on any atom is 0.0169 e. The molecule has 1 heteroatoms. The van der Waals surface area contributed by atoms with Gasteiger partial charge in [-0.1, -0.05) is 44.5 Å². The first kappa shape index (κ1) is 12.2. The van der Waals surface area contributed by atoms with E-state index in [9.17, 15) is 0 Å². The first-order chi connectivity index (χ1) is 8.73. The molecule has 1 nitrogen and oxygen atoms in total. The molecular weight excluding hydrogens is 218 g/mol. The highest BCUT2D eigenvalue weighted by Crippen LogP contribution is 2.51. The molecule has 1 aromatic carbocycles. The van der Waals surface area contributed by atoms with E-state index in [1.807, 2.05) is 0 Å². The molecule has 98 valence electrons. The number of nitrogens with zero attached hydrogens (tertiary/aromatic N) is 1. The third kappa shape index (κ3) is 1.50. The van der Waals surface area contributed by atoms with Crippen molar-refractivity contribution in [2.24, 2.45) is 5.92 Å². The second-order valence-corrected chi connectivity index (χ2v) is 6.18. The van der Waals surface area contributed by atoms with Gasteiger partial charge in [0.25, 0.3) is 0 Å². The summed E-state index contributed by atoms with van der Waals surface area (Å²) in [5.41, 5.74) is 3.74. The molecule has 1 saturated heterocycles. The Morgan fingerprint density at radius 1 is 1.28 bits per heavy atom. The van der Waals surface area contributed by atoms with Gasteiger partial charge in [0.1, 0.15) is 0 Å². The van der Waals surface area contributed by atoms with Gasteiger partial charge in [-0.15, -0.1) is 0 Å². The van der Waals surface area contributed by atoms with Crippen molar-refractivity contribution in [2.45, 2.75) is 51.0 Å². The largest absolute Gasteiger partial charge is 0.303 e. The van der Waals surface area contributed by atoms with Crippen molar-refractivity contribution in [1.82, 2.24) is 4.90 Å². The normalized spacial score (nSPS) is 35.3. The number of rotatable bonds is 2. The van der Waals surface area contributed by atoms with E-state index in [-0.39, 0.29) is 0 Å². The van der Waals surface area contributed by atoms with Crippen LogP contribution in [0.1, 0.15) is 44.2 Å². The van der Waals surface area contributed by atoms with E-state index in [2.05, 4.69) is 50.1 Å². The van der Waals surface area contributed by atoms with Crippen molar-refractivity contribution < 1.29 is 0 Å². The summed E-state index contributed by atoms with van der Waals surface area (Å²) in [6, 6.07) is 9.98. The van der Waals surface area contributed by atoms with Gasteiger partial charge in [0.15, 0.2) is 0 Å². The van der Waals surface area contributed by atoms with Crippen LogP contribution in [0.5, 0.6) is 0 Å². The summed E-state index contributed by atoms with van der Waals surface area (Å²) in [6.07, 6.45) is 5.21. The van der Waals surface area contributed by atoms with Crippen molar-refractivity contribution in [3.8, 4) is 0 Å². The van der Waals surface area contributed by atoms with Crippen LogP contribution in [0, 0.1) is 5.92 Å². The average Bonchev–Trinajstić information content (AvgIpc) is 2.42. The lowest BCUT2D eigenvalue weighted by atomic mass is 9.55. The molecule has 3 atom stereocenters. The Balaban J connectivity index is 2.16. The third-order valence-corrected chi connectivity index (χ3v) is 5.70. The Labute approximate surface area is 111 Å². The molecule has 18 heavy (non-hydrogen) atoms. The number of likely N-dealkylation sites (tertiary alicyclic amines) is 1. The number of likely N-dealkylation sites (N-methyl/N-ethyl adjacent to an activating group) is 1. The fourth-order valence-electron chi connectivity index (χ4n) is 4.74. The Kier molecular flexibility index (Phi) is 2.97. The van der Waals surface area contributed by atoms with Gasteiger partial charge >= 0.3 is 0 Å². The van der Waals surface area contributed by atoms with E-state index in [1.54, 1.807) is 11.1 Å². The van der Waals surface area contributed by atoms with Crippen molar-refractivity contribution in [3.63, 3.8) is 0 Å². The summed E-state index contributed by atoms with van der Waals surface area (Å²) >= 11 is 0. The van der Waals surface area contributed by atoms with Crippen molar-refractivity contribution in [3.05, 3.63) is 35.4 Å². The minimum Gasteiger partial charge on any atom is -0.303 e. The lowest BCUT2D eigenvalue weighted by Gasteiger charge is -2.56. The fourth-order valence-corrected chi connectivity index (χ4v) is 4.74. The molecule has 0 saturated carbocycles. The second kappa shape index (κ2) is 4.38. The molecule has 1 unspecified atom stereocenters. The minimum absolute atomic E-state index is 0.459. The zero-order valence-electron chi connectivity index (χ0n) is 11.9.